The van der Waals surface area contributed by atoms with Gasteiger partial charge in [-0.25, -0.2) is 4.98 Å². The van der Waals surface area contributed by atoms with E-state index in [2.05, 4.69) is 4.98 Å². The Morgan fingerprint density at radius 1 is 1.38 bits per heavy atom. The molecule has 6 heteroatoms. The number of carbonyl (C=O) groups is 1. The van der Waals surface area contributed by atoms with Crippen LogP contribution in [-0.4, -0.2) is 22.0 Å². The smallest absolute Gasteiger partial charge is 0.311 e. The van der Waals surface area contributed by atoms with Crippen molar-refractivity contribution in [3.63, 3.8) is 0 Å². The summed E-state index contributed by atoms with van der Waals surface area (Å²) in [7, 11) is 0. The number of hydrogen-bond donors (Lipinski definition) is 1. The van der Waals surface area contributed by atoms with Crippen LogP contribution >= 0.6 is 11.3 Å². The van der Waals surface area contributed by atoms with E-state index in [1.165, 1.54) is 11.3 Å². The Balaban J connectivity index is 2.02. The number of nitrogen functional groups attached to an aromatic ring is 1. The summed E-state index contributed by atoms with van der Waals surface area (Å²) in [6.07, 6.45) is 0.197. The molecule has 0 unspecified atom stereocenters. The Labute approximate surface area is 126 Å². The van der Waals surface area contributed by atoms with Crippen LogP contribution in [0.2, 0.25) is 0 Å². The molecule has 0 saturated heterocycles. The van der Waals surface area contributed by atoms with Gasteiger partial charge in [0.15, 0.2) is 4.96 Å². The van der Waals surface area contributed by atoms with Crippen LogP contribution in [0.3, 0.4) is 0 Å². The average molecular weight is 301 g/mol. The molecule has 0 atom stereocenters. The molecule has 0 saturated carbocycles. The normalized spacial score (nSPS) is 10.9. The van der Waals surface area contributed by atoms with Gasteiger partial charge in [0.2, 0.25) is 0 Å². The van der Waals surface area contributed by atoms with Crippen molar-refractivity contribution in [2.75, 3.05) is 12.3 Å². The van der Waals surface area contributed by atoms with E-state index in [1.54, 1.807) is 6.92 Å². The van der Waals surface area contributed by atoms with Crippen LogP contribution in [-0.2, 0) is 16.0 Å². The molecule has 3 rings (SSSR count). The highest BCUT2D eigenvalue weighted by molar-refractivity contribution is 7.15. The molecule has 0 spiro atoms. The molecular weight excluding hydrogens is 286 g/mol. The molecule has 5 nitrogen and oxygen atoms in total. The van der Waals surface area contributed by atoms with Crippen molar-refractivity contribution in [1.29, 1.82) is 0 Å². The van der Waals surface area contributed by atoms with Gasteiger partial charge in [0.05, 0.1) is 13.0 Å². The lowest BCUT2D eigenvalue weighted by Gasteiger charge is -2.03. The minimum atomic E-state index is -0.258. The lowest BCUT2D eigenvalue weighted by molar-refractivity contribution is -0.142. The summed E-state index contributed by atoms with van der Waals surface area (Å²) in [5.41, 5.74) is 8.74. The van der Waals surface area contributed by atoms with Crippen LogP contribution in [0.5, 0.6) is 0 Å². The molecule has 2 heterocycles. The van der Waals surface area contributed by atoms with E-state index < -0.39 is 0 Å². The van der Waals surface area contributed by atoms with Crippen LogP contribution < -0.4 is 5.73 Å². The molecule has 0 aliphatic rings. The average Bonchev–Trinajstić information content (AvgIpc) is 3.02. The molecule has 0 aliphatic carbocycles. The van der Waals surface area contributed by atoms with E-state index in [9.17, 15) is 4.79 Å². The fourth-order valence-corrected chi connectivity index (χ4v) is 3.13. The molecule has 21 heavy (non-hydrogen) atoms. The van der Waals surface area contributed by atoms with Crippen LogP contribution in [0.15, 0.2) is 35.7 Å². The summed E-state index contributed by atoms with van der Waals surface area (Å²) in [4.78, 5) is 17.0. The second-order valence-corrected chi connectivity index (χ2v) is 5.38. The number of benzene rings is 1. The number of rotatable bonds is 4. The van der Waals surface area contributed by atoms with Gasteiger partial charge in [-0.1, -0.05) is 30.3 Å². The number of ether oxygens (including phenoxy) is 1. The molecule has 0 radical (unpaired) electrons. The van der Waals surface area contributed by atoms with Crippen LogP contribution in [0.25, 0.3) is 16.2 Å². The van der Waals surface area contributed by atoms with E-state index in [-0.39, 0.29) is 12.4 Å². The van der Waals surface area contributed by atoms with Crippen molar-refractivity contribution < 1.29 is 9.53 Å². The maximum Gasteiger partial charge on any atom is 0.311 e. The van der Waals surface area contributed by atoms with Crippen molar-refractivity contribution in [3.05, 3.63) is 41.4 Å². The first kappa shape index (κ1) is 13.6. The lowest BCUT2D eigenvalue weighted by atomic mass is 10.1. The number of aromatic nitrogens is 2. The molecule has 3 aromatic rings. The van der Waals surface area contributed by atoms with Gasteiger partial charge in [0, 0.05) is 16.6 Å². The van der Waals surface area contributed by atoms with Gasteiger partial charge >= 0.3 is 5.97 Å². The molecule has 108 valence electrons. The van der Waals surface area contributed by atoms with Crippen LogP contribution in [0.1, 0.15) is 12.6 Å². The zero-order chi connectivity index (χ0) is 14.8. The number of esters is 1. The first-order chi connectivity index (χ1) is 10.2. The second-order valence-electron chi connectivity index (χ2n) is 4.54. The summed E-state index contributed by atoms with van der Waals surface area (Å²) >= 11 is 1.47. The molecule has 2 aromatic heterocycles. The first-order valence-electron chi connectivity index (χ1n) is 6.66. The summed E-state index contributed by atoms with van der Waals surface area (Å²) in [6.45, 7) is 2.17. The summed E-state index contributed by atoms with van der Waals surface area (Å²) in [5, 5.41) is 1.89. The van der Waals surface area contributed by atoms with Gasteiger partial charge in [-0.3, -0.25) is 9.20 Å². The fraction of sp³-hybridized carbons (Fsp3) is 0.200. The molecule has 0 aliphatic heterocycles. The highest BCUT2D eigenvalue weighted by Gasteiger charge is 2.17. The summed E-state index contributed by atoms with van der Waals surface area (Å²) < 4.78 is 6.81. The van der Waals surface area contributed by atoms with Crippen molar-refractivity contribution in [3.8, 4) is 11.3 Å². The Morgan fingerprint density at radius 3 is 2.86 bits per heavy atom. The molecule has 1 aromatic carbocycles. The first-order valence-corrected chi connectivity index (χ1v) is 7.54. The Kier molecular flexibility index (Phi) is 3.62. The number of carbonyl (C=O) groups excluding carboxylic acids is 1. The minimum Gasteiger partial charge on any atom is -0.466 e. The zero-order valence-corrected chi connectivity index (χ0v) is 12.4. The molecule has 2 N–H and O–H groups in total. The number of imidazole rings is 1. The maximum atomic E-state index is 11.7. The zero-order valence-electron chi connectivity index (χ0n) is 11.6. The van der Waals surface area contributed by atoms with Gasteiger partial charge in [-0.05, 0) is 6.92 Å². The van der Waals surface area contributed by atoms with E-state index in [1.807, 2.05) is 40.1 Å². The standard InChI is InChI=1S/C15H15N3O2S/c1-2-20-12(19)8-11-9-21-15-17-13(14(16)18(11)15)10-6-4-3-5-7-10/h3-7,9H,2,8,16H2,1H3. The van der Waals surface area contributed by atoms with E-state index >= 15 is 0 Å². The molecule has 0 bridgehead atoms. The van der Waals surface area contributed by atoms with E-state index in [4.69, 9.17) is 10.5 Å². The maximum absolute atomic E-state index is 11.7. The molecule has 0 fully saturated rings. The third kappa shape index (κ3) is 2.50. The van der Waals surface area contributed by atoms with E-state index in [0.29, 0.717) is 12.4 Å². The summed E-state index contributed by atoms with van der Waals surface area (Å²) in [6, 6.07) is 9.77. The third-order valence-electron chi connectivity index (χ3n) is 3.15. The van der Waals surface area contributed by atoms with Gasteiger partial charge in [-0.2, -0.15) is 0 Å². The van der Waals surface area contributed by atoms with Gasteiger partial charge < -0.3 is 10.5 Å². The highest BCUT2D eigenvalue weighted by Crippen LogP contribution is 2.30. The largest absolute Gasteiger partial charge is 0.466 e. The number of anilines is 1. The van der Waals surface area contributed by atoms with Crippen molar-refractivity contribution in [2.24, 2.45) is 0 Å². The fourth-order valence-electron chi connectivity index (χ4n) is 2.23. The van der Waals surface area contributed by atoms with Crippen LogP contribution in [0.4, 0.5) is 5.82 Å². The number of fused-ring (bicyclic) bond motifs is 1. The number of hydrogen-bond acceptors (Lipinski definition) is 5. The van der Waals surface area contributed by atoms with E-state index in [0.717, 1.165) is 21.9 Å². The SMILES string of the molecule is CCOC(=O)Cc1csc2nc(-c3ccccc3)c(N)n12. The minimum absolute atomic E-state index is 0.197. The Morgan fingerprint density at radius 2 is 2.14 bits per heavy atom. The van der Waals surface area contributed by atoms with Crippen molar-refractivity contribution in [2.45, 2.75) is 13.3 Å². The highest BCUT2D eigenvalue weighted by atomic mass is 32.1. The number of thiazole rings is 1. The van der Waals surface area contributed by atoms with Crippen LogP contribution in [0, 0.1) is 0 Å². The quantitative estimate of drug-likeness (QED) is 0.752. The lowest BCUT2D eigenvalue weighted by Crippen LogP contribution is -2.09. The third-order valence-corrected chi connectivity index (χ3v) is 4.02. The molecule has 0 amide bonds. The number of nitrogens with zero attached hydrogens (tertiary/aromatic N) is 2. The number of nitrogens with two attached hydrogens (primary N) is 1. The Hall–Kier alpha value is -2.34. The molecular formula is C15H15N3O2S. The van der Waals surface area contributed by atoms with Gasteiger partial charge in [0.1, 0.15) is 11.5 Å². The monoisotopic (exact) mass is 301 g/mol. The Bertz CT molecular complexity index is 777. The second kappa shape index (κ2) is 5.57. The summed E-state index contributed by atoms with van der Waals surface area (Å²) in [5.74, 6) is 0.295. The van der Waals surface area contributed by atoms with Crippen molar-refractivity contribution in [1.82, 2.24) is 9.38 Å². The van der Waals surface area contributed by atoms with Gasteiger partial charge in [0.25, 0.3) is 0 Å². The van der Waals surface area contributed by atoms with Gasteiger partial charge in [-0.15, -0.1) is 11.3 Å². The van der Waals surface area contributed by atoms with Crippen molar-refractivity contribution >= 4 is 28.1 Å². The predicted octanol–water partition coefficient (Wildman–Crippen LogP) is 2.75. The topological polar surface area (TPSA) is 69.6 Å². The predicted molar refractivity (Wildman–Crippen MR) is 83.3 cm³/mol.